The van der Waals surface area contributed by atoms with E-state index < -0.39 is 16.1 Å². The number of halogens is 1. The minimum Gasteiger partial charge on any atom is -0.344 e. The van der Waals surface area contributed by atoms with Crippen molar-refractivity contribution < 1.29 is 18.0 Å². The van der Waals surface area contributed by atoms with Gasteiger partial charge in [-0.2, -0.15) is 4.31 Å². The van der Waals surface area contributed by atoms with Gasteiger partial charge >= 0.3 is 0 Å². The van der Waals surface area contributed by atoms with Crippen LogP contribution in [0, 0.1) is 25.7 Å². The number of aryl methyl sites for hydroxylation is 2. The highest BCUT2D eigenvalue weighted by molar-refractivity contribution is 9.10. The fourth-order valence-electron chi connectivity index (χ4n) is 3.97. The van der Waals surface area contributed by atoms with Crippen molar-refractivity contribution in [2.24, 2.45) is 11.8 Å². The normalized spacial score (nSPS) is 16.3. The first-order chi connectivity index (χ1) is 16.0. The number of carbonyl (C=O) groups is 2. The van der Waals surface area contributed by atoms with Crippen LogP contribution in [-0.2, 0) is 19.6 Å². The van der Waals surface area contributed by atoms with Crippen LogP contribution in [0.1, 0.15) is 37.8 Å². The van der Waals surface area contributed by atoms with E-state index in [-0.39, 0.29) is 41.6 Å². The molecule has 0 saturated carbocycles. The van der Waals surface area contributed by atoms with Gasteiger partial charge in [-0.05, 0) is 68.5 Å². The van der Waals surface area contributed by atoms with Crippen molar-refractivity contribution in [3.63, 3.8) is 0 Å². The lowest BCUT2D eigenvalue weighted by Gasteiger charge is -2.32. The topological polar surface area (TPSA) is 95.6 Å². The molecule has 0 aliphatic carbocycles. The lowest BCUT2D eigenvalue weighted by molar-refractivity contribution is -0.130. The van der Waals surface area contributed by atoms with Gasteiger partial charge in [-0.25, -0.2) is 8.42 Å². The largest absolute Gasteiger partial charge is 0.344 e. The molecule has 7 nitrogen and oxygen atoms in total. The Kier molecular flexibility index (Phi) is 8.54. The number of carbonyl (C=O) groups excluding carboxylic acids is 2. The molecule has 9 heteroatoms. The van der Waals surface area contributed by atoms with Gasteiger partial charge in [0.15, 0.2) is 0 Å². The molecular formula is C25H32BrN3O4S. The Hall–Kier alpha value is -2.23. The number of piperidine rings is 1. The van der Waals surface area contributed by atoms with Gasteiger partial charge in [0.1, 0.15) is 6.04 Å². The van der Waals surface area contributed by atoms with E-state index in [0.29, 0.717) is 18.5 Å². The summed E-state index contributed by atoms with van der Waals surface area (Å²) < 4.78 is 28.2. The average Bonchev–Trinajstić information content (AvgIpc) is 2.79. The quantitative estimate of drug-likeness (QED) is 0.539. The molecule has 2 aromatic rings. The van der Waals surface area contributed by atoms with Gasteiger partial charge in [0.2, 0.25) is 21.8 Å². The zero-order valence-electron chi connectivity index (χ0n) is 20.0. The first kappa shape index (κ1) is 26.4. The summed E-state index contributed by atoms with van der Waals surface area (Å²) in [6, 6.07) is 11.6. The molecule has 34 heavy (non-hydrogen) atoms. The summed E-state index contributed by atoms with van der Waals surface area (Å²) >= 11 is 3.45. The van der Waals surface area contributed by atoms with Gasteiger partial charge in [-0.15, -0.1) is 0 Å². The zero-order chi connectivity index (χ0) is 25.0. The number of nitrogens with zero attached hydrogens (tertiary/aromatic N) is 1. The van der Waals surface area contributed by atoms with Crippen LogP contribution < -0.4 is 10.6 Å². The third-order valence-corrected chi connectivity index (χ3v) is 8.96. The molecule has 0 radical (unpaired) electrons. The summed E-state index contributed by atoms with van der Waals surface area (Å²) in [7, 11) is -3.58. The number of amides is 2. The summed E-state index contributed by atoms with van der Waals surface area (Å²) in [4.78, 5) is 26.1. The van der Waals surface area contributed by atoms with Crippen molar-refractivity contribution in [3.8, 4) is 0 Å². The summed E-state index contributed by atoms with van der Waals surface area (Å²) in [6.45, 7) is 8.15. The lowest BCUT2D eigenvalue weighted by Crippen LogP contribution is -2.50. The highest BCUT2D eigenvalue weighted by Crippen LogP contribution is 2.25. The van der Waals surface area contributed by atoms with Crippen molar-refractivity contribution in [1.82, 2.24) is 9.62 Å². The zero-order valence-corrected chi connectivity index (χ0v) is 22.4. The van der Waals surface area contributed by atoms with Crippen LogP contribution in [0.15, 0.2) is 51.8 Å². The SMILES string of the molecule is Cc1ccc(S(=O)(=O)N2CCC(C(=O)N[C@H](C(=O)Nc3ccc(Br)c(C)c3)C(C)C)CC2)cc1. The Morgan fingerprint density at radius 2 is 1.65 bits per heavy atom. The van der Waals surface area contributed by atoms with E-state index in [1.54, 1.807) is 30.3 Å². The molecule has 184 valence electrons. The number of sulfonamides is 1. The summed E-state index contributed by atoms with van der Waals surface area (Å²) in [5.74, 6) is -0.936. The molecule has 1 fully saturated rings. The fourth-order valence-corrected chi connectivity index (χ4v) is 5.68. The molecule has 3 rings (SSSR count). The van der Waals surface area contributed by atoms with Crippen LogP contribution >= 0.6 is 15.9 Å². The highest BCUT2D eigenvalue weighted by atomic mass is 79.9. The number of rotatable bonds is 7. The van der Waals surface area contributed by atoms with Crippen molar-refractivity contribution >= 4 is 43.5 Å². The van der Waals surface area contributed by atoms with E-state index in [4.69, 9.17) is 0 Å². The first-order valence-corrected chi connectivity index (χ1v) is 13.7. The van der Waals surface area contributed by atoms with E-state index in [1.165, 1.54) is 4.31 Å². The van der Waals surface area contributed by atoms with Crippen LogP contribution in [0.4, 0.5) is 5.69 Å². The second-order valence-corrected chi connectivity index (χ2v) is 12.0. The van der Waals surface area contributed by atoms with E-state index in [0.717, 1.165) is 15.6 Å². The molecule has 1 heterocycles. The second-order valence-electron chi connectivity index (χ2n) is 9.17. The van der Waals surface area contributed by atoms with E-state index in [9.17, 15) is 18.0 Å². The molecule has 2 amide bonds. The van der Waals surface area contributed by atoms with Gasteiger partial charge in [-0.1, -0.05) is 47.5 Å². The smallest absolute Gasteiger partial charge is 0.247 e. The van der Waals surface area contributed by atoms with Gasteiger partial charge < -0.3 is 10.6 Å². The molecule has 1 saturated heterocycles. The maximum absolute atomic E-state index is 13.0. The molecule has 2 aromatic carbocycles. The Labute approximate surface area is 210 Å². The van der Waals surface area contributed by atoms with Crippen LogP contribution in [0.5, 0.6) is 0 Å². The maximum atomic E-state index is 13.0. The molecule has 0 bridgehead atoms. The predicted molar refractivity (Wildman–Crippen MR) is 137 cm³/mol. The molecule has 0 aromatic heterocycles. The second kappa shape index (κ2) is 11.0. The first-order valence-electron chi connectivity index (χ1n) is 11.4. The minimum atomic E-state index is -3.58. The predicted octanol–water partition coefficient (Wildman–Crippen LogP) is 4.25. The van der Waals surface area contributed by atoms with Crippen molar-refractivity contribution in [2.45, 2.75) is 51.5 Å². The van der Waals surface area contributed by atoms with Crippen LogP contribution in [0.2, 0.25) is 0 Å². The number of benzene rings is 2. The molecule has 0 unspecified atom stereocenters. The number of hydrogen-bond donors (Lipinski definition) is 2. The van der Waals surface area contributed by atoms with Gasteiger partial charge in [0.05, 0.1) is 4.90 Å². The third kappa shape index (κ3) is 6.25. The highest BCUT2D eigenvalue weighted by Gasteiger charge is 2.34. The Morgan fingerprint density at radius 1 is 1.03 bits per heavy atom. The van der Waals surface area contributed by atoms with Crippen LogP contribution in [0.25, 0.3) is 0 Å². The summed E-state index contributed by atoms with van der Waals surface area (Å²) in [5.41, 5.74) is 2.66. The van der Waals surface area contributed by atoms with Crippen molar-refractivity contribution in [3.05, 3.63) is 58.1 Å². The molecule has 2 N–H and O–H groups in total. The lowest BCUT2D eigenvalue weighted by atomic mass is 9.95. The number of nitrogens with one attached hydrogen (secondary N) is 2. The molecule has 0 spiro atoms. The molecule has 1 aliphatic rings. The van der Waals surface area contributed by atoms with Crippen LogP contribution in [0.3, 0.4) is 0 Å². The number of anilines is 1. The van der Waals surface area contributed by atoms with Crippen LogP contribution in [-0.4, -0.2) is 43.7 Å². The van der Waals surface area contributed by atoms with Gasteiger partial charge in [-0.3, -0.25) is 9.59 Å². The van der Waals surface area contributed by atoms with E-state index in [2.05, 4.69) is 26.6 Å². The van der Waals surface area contributed by atoms with Gasteiger partial charge in [0, 0.05) is 29.2 Å². The Bertz CT molecular complexity index is 1140. The fraction of sp³-hybridized carbons (Fsp3) is 0.440. The molecule has 1 aliphatic heterocycles. The molecule has 1 atom stereocenters. The minimum absolute atomic E-state index is 0.109. The van der Waals surface area contributed by atoms with E-state index in [1.807, 2.05) is 39.8 Å². The van der Waals surface area contributed by atoms with E-state index >= 15 is 0 Å². The van der Waals surface area contributed by atoms with Crippen molar-refractivity contribution in [1.29, 1.82) is 0 Å². The summed E-state index contributed by atoms with van der Waals surface area (Å²) in [5, 5.41) is 5.78. The standard InChI is InChI=1S/C25H32BrN3O4S/c1-16(2)23(25(31)27-20-7-10-22(26)18(4)15-20)28-24(30)19-11-13-29(14-12-19)34(32,33)21-8-5-17(3)6-9-21/h5-10,15-16,19,23H,11-14H2,1-4H3,(H,27,31)(H,28,30)/t23-/m0/s1. The Balaban J connectivity index is 1.60. The average molecular weight is 551 g/mol. The number of hydrogen-bond acceptors (Lipinski definition) is 4. The monoisotopic (exact) mass is 549 g/mol. The van der Waals surface area contributed by atoms with Gasteiger partial charge in [0.25, 0.3) is 0 Å². The van der Waals surface area contributed by atoms with Crippen molar-refractivity contribution in [2.75, 3.05) is 18.4 Å². The summed E-state index contributed by atoms with van der Waals surface area (Å²) in [6.07, 6.45) is 0.824. The Morgan fingerprint density at radius 3 is 2.21 bits per heavy atom. The third-order valence-electron chi connectivity index (χ3n) is 6.16. The molecular weight excluding hydrogens is 518 g/mol. The maximum Gasteiger partial charge on any atom is 0.247 e.